The molecule has 1 aliphatic carbocycles. The van der Waals surface area contributed by atoms with Crippen molar-refractivity contribution in [3.63, 3.8) is 0 Å². The Labute approximate surface area is 105 Å². The van der Waals surface area contributed by atoms with Crippen molar-refractivity contribution in [2.75, 3.05) is 0 Å². The average Bonchev–Trinajstić information content (AvgIpc) is 2.78. The highest BCUT2D eigenvalue weighted by Crippen LogP contribution is 2.61. The summed E-state index contributed by atoms with van der Waals surface area (Å²) in [6.07, 6.45) is 4.44. The summed E-state index contributed by atoms with van der Waals surface area (Å²) in [5.41, 5.74) is -0.215. The van der Waals surface area contributed by atoms with E-state index >= 15 is 0 Å². The number of ether oxygens (including phenoxy) is 1. The molecule has 98 valence electrons. The Balaban J connectivity index is 2.03. The molecule has 3 aliphatic rings. The molecule has 2 saturated heterocycles. The number of aliphatic hydroxyl groups is 1. The zero-order valence-corrected chi connectivity index (χ0v) is 11.6. The van der Waals surface area contributed by atoms with Gasteiger partial charge in [0.25, 0.3) is 0 Å². The van der Waals surface area contributed by atoms with Crippen molar-refractivity contribution in [2.24, 2.45) is 23.7 Å². The van der Waals surface area contributed by atoms with Crippen LogP contribution in [0.15, 0.2) is 0 Å². The zero-order valence-electron chi connectivity index (χ0n) is 11.6. The molecule has 2 heteroatoms. The smallest absolute Gasteiger partial charge is 0.0974 e. The molecule has 0 aromatic heterocycles. The average molecular weight is 238 g/mol. The number of hydrogen-bond acceptors (Lipinski definition) is 2. The molecule has 2 nitrogen and oxygen atoms in total. The lowest BCUT2D eigenvalue weighted by molar-refractivity contribution is -0.251. The van der Waals surface area contributed by atoms with E-state index in [9.17, 15) is 5.11 Å². The van der Waals surface area contributed by atoms with Crippen LogP contribution in [0.4, 0.5) is 0 Å². The van der Waals surface area contributed by atoms with Crippen molar-refractivity contribution in [3.05, 3.63) is 0 Å². The van der Waals surface area contributed by atoms with Gasteiger partial charge in [-0.2, -0.15) is 0 Å². The van der Waals surface area contributed by atoms with Crippen LogP contribution in [-0.4, -0.2) is 22.4 Å². The number of rotatable bonds is 1. The summed E-state index contributed by atoms with van der Waals surface area (Å²) in [6.45, 7) is 9.01. The third-order valence-electron chi connectivity index (χ3n) is 6.12. The molecule has 2 heterocycles. The second-order valence-electron chi connectivity index (χ2n) is 7.21. The fourth-order valence-electron chi connectivity index (χ4n) is 4.99. The van der Waals surface area contributed by atoms with Crippen LogP contribution in [0.3, 0.4) is 0 Å². The van der Waals surface area contributed by atoms with Crippen LogP contribution in [0.2, 0.25) is 0 Å². The molecule has 17 heavy (non-hydrogen) atoms. The molecule has 2 aliphatic heterocycles. The zero-order chi connectivity index (χ0) is 12.4. The maximum atomic E-state index is 10.8. The Kier molecular flexibility index (Phi) is 2.45. The Morgan fingerprint density at radius 3 is 2.59 bits per heavy atom. The quantitative estimate of drug-likeness (QED) is 0.761. The van der Waals surface area contributed by atoms with Gasteiger partial charge in [0.05, 0.1) is 17.3 Å². The van der Waals surface area contributed by atoms with Gasteiger partial charge in [-0.05, 0) is 56.3 Å². The van der Waals surface area contributed by atoms with E-state index in [0.29, 0.717) is 23.7 Å². The molecule has 6 atom stereocenters. The van der Waals surface area contributed by atoms with Crippen LogP contribution in [-0.2, 0) is 4.74 Å². The van der Waals surface area contributed by atoms with Crippen LogP contribution in [0.1, 0.15) is 53.4 Å². The third-order valence-corrected chi connectivity index (χ3v) is 6.12. The summed E-state index contributed by atoms with van der Waals surface area (Å²) in [4.78, 5) is 0. The fraction of sp³-hybridized carbons (Fsp3) is 1.00. The predicted octanol–water partition coefficient (Wildman–Crippen LogP) is 2.99. The van der Waals surface area contributed by atoms with Crippen LogP contribution in [0.25, 0.3) is 0 Å². The molecule has 0 aromatic carbocycles. The van der Waals surface area contributed by atoms with Crippen LogP contribution in [0, 0.1) is 23.7 Å². The van der Waals surface area contributed by atoms with E-state index in [2.05, 4.69) is 27.7 Å². The van der Waals surface area contributed by atoms with Crippen LogP contribution < -0.4 is 0 Å². The van der Waals surface area contributed by atoms with Crippen molar-refractivity contribution in [1.82, 2.24) is 0 Å². The first-order chi connectivity index (χ1) is 7.91. The Morgan fingerprint density at radius 2 is 1.94 bits per heavy atom. The highest BCUT2D eigenvalue weighted by atomic mass is 16.5. The minimum atomic E-state index is -0.255. The van der Waals surface area contributed by atoms with Gasteiger partial charge in [0, 0.05) is 0 Å². The maximum absolute atomic E-state index is 10.8. The normalized spacial score (nSPS) is 57.5. The summed E-state index contributed by atoms with van der Waals surface area (Å²) in [5, 5.41) is 10.8. The summed E-state index contributed by atoms with van der Waals surface area (Å²) < 4.78 is 6.46. The van der Waals surface area contributed by atoms with Gasteiger partial charge < -0.3 is 9.84 Å². The monoisotopic (exact) mass is 238 g/mol. The summed E-state index contributed by atoms with van der Waals surface area (Å²) in [5.74, 6) is 2.13. The number of fused-ring (bicyclic) bond motifs is 4. The minimum Gasteiger partial charge on any atom is -0.390 e. The molecule has 2 bridgehead atoms. The van der Waals surface area contributed by atoms with Gasteiger partial charge in [0.2, 0.25) is 0 Å². The molecule has 0 amide bonds. The van der Waals surface area contributed by atoms with E-state index in [-0.39, 0.29) is 17.3 Å². The SMILES string of the molecule is CC(C)[C@]12CC[C@](C)(O1)[C@H]1CC[C@H](C)[C@@H]1[C@H]2O. The third kappa shape index (κ3) is 1.34. The predicted molar refractivity (Wildman–Crippen MR) is 67.7 cm³/mol. The Bertz CT molecular complexity index is 327. The molecule has 0 unspecified atom stereocenters. The number of aliphatic hydroxyl groups excluding tert-OH is 1. The second-order valence-corrected chi connectivity index (χ2v) is 7.21. The van der Waals surface area contributed by atoms with Crippen LogP contribution >= 0.6 is 0 Å². The molecule has 0 radical (unpaired) electrons. The van der Waals surface area contributed by atoms with Crippen LogP contribution in [0.5, 0.6) is 0 Å². The molecular weight excluding hydrogens is 212 g/mol. The van der Waals surface area contributed by atoms with E-state index in [1.54, 1.807) is 0 Å². The summed E-state index contributed by atoms with van der Waals surface area (Å²) in [6, 6.07) is 0. The first kappa shape index (κ1) is 12.0. The topological polar surface area (TPSA) is 29.5 Å². The molecule has 1 N–H and O–H groups in total. The highest BCUT2D eigenvalue weighted by Gasteiger charge is 2.65. The Morgan fingerprint density at radius 1 is 1.24 bits per heavy atom. The van der Waals surface area contributed by atoms with Crippen molar-refractivity contribution in [3.8, 4) is 0 Å². The van der Waals surface area contributed by atoms with Gasteiger partial charge in [-0.1, -0.05) is 20.8 Å². The van der Waals surface area contributed by atoms with Gasteiger partial charge in [-0.25, -0.2) is 0 Å². The molecule has 3 fully saturated rings. The van der Waals surface area contributed by atoms with E-state index in [1.165, 1.54) is 12.8 Å². The molecule has 0 aromatic rings. The lowest BCUT2D eigenvalue weighted by Gasteiger charge is -2.52. The van der Waals surface area contributed by atoms with Crippen molar-refractivity contribution in [2.45, 2.75) is 70.7 Å². The van der Waals surface area contributed by atoms with E-state index in [0.717, 1.165) is 12.8 Å². The fourth-order valence-corrected chi connectivity index (χ4v) is 4.99. The van der Waals surface area contributed by atoms with E-state index < -0.39 is 0 Å². The number of hydrogen-bond donors (Lipinski definition) is 1. The summed E-state index contributed by atoms with van der Waals surface area (Å²) in [7, 11) is 0. The summed E-state index contributed by atoms with van der Waals surface area (Å²) >= 11 is 0. The lowest BCUT2D eigenvalue weighted by Crippen LogP contribution is -2.60. The molecule has 3 rings (SSSR count). The maximum Gasteiger partial charge on any atom is 0.0974 e. The Hall–Kier alpha value is -0.0800. The van der Waals surface area contributed by atoms with Gasteiger partial charge in [-0.3, -0.25) is 0 Å². The molecule has 1 saturated carbocycles. The standard InChI is InChI=1S/C15H26O2/c1-9(2)15-8-7-14(4,17-15)11-6-5-10(3)12(11)13(15)16/h9-13,16H,5-8H2,1-4H3/t10-,11-,12-,13+,14-,15-/m0/s1. The minimum absolute atomic E-state index is 0.0406. The first-order valence-corrected chi connectivity index (χ1v) is 7.29. The lowest BCUT2D eigenvalue weighted by atomic mass is 9.70. The van der Waals surface area contributed by atoms with Crippen molar-refractivity contribution in [1.29, 1.82) is 0 Å². The van der Waals surface area contributed by atoms with Gasteiger partial charge in [0.1, 0.15) is 0 Å². The largest absolute Gasteiger partial charge is 0.390 e. The second kappa shape index (κ2) is 3.48. The molecular formula is C15H26O2. The van der Waals surface area contributed by atoms with E-state index in [1.807, 2.05) is 0 Å². The van der Waals surface area contributed by atoms with Crippen molar-refractivity contribution >= 4 is 0 Å². The van der Waals surface area contributed by atoms with Gasteiger partial charge >= 0.3 is 0 Å². The van der Waals surface area contributed by atoms with Gasteiger partial charge in [-0.15, -0.1) is 0 Å². The van der Waals surface area contributed by atoms with E-state index in [4.69, 9.17) is 4.74 Å². The molecule has 0 spiro atoms. The van der Waals surface area contributed by atoms with Crippen molar-refractivity contribution < 1.29 is 9.84 Å². The first-order valence-electron chi connectivity index (χ1n) is 7.29. The highest BCUT2D eigenvalue weighted by molar-refractivity contribution is 5.14. The van der Waals surface area contributed by atoms with Gasteiger partial charge in [0.15, 0.2) is 0 Å².